The number of ether oxygens (including phenoxy) is 1. The summed E-state index contributed by atoms with van der Waals surface area (Å²) >= 11 is 0. The number of aliphatic carboxylic acids is 1. The zero-order valence-electron chi connectivity index (χ0n) is 12.0. The fraction of sp³-hybridized carbons (Fsp3) is 0.167. The zero-order valence-corrected chi connectivity index (χ0v) is 12.0. The van der Waals surface area contributed by atoms with Gasteiger partial charge in [0.05, 0.1) is 0 Å². The molecule has 0 unspecified atom stereocenters. The van der Waals surface area contributed by atoms with E-state index in [1.807, 2.05) is 48.5 Å². The molecule has 0 saturated heterocycles. The lowest BCUT2D eigenvalue weighted by Gasteiger charge is -2.27. The van der Waals surface area contributed by atoms with Crippen LogP contribution in [0.1, 0.15) is 12.5 Å². The molecule has 3 aromatic carbocycles. The average Bonchev–Trinajstić information content (AvgIpc) is 2.51. The number of hydrogen-bond acceptors (Lipinski definition) is 2. The highest BCUT2D eigenvalue weighted by atomic mass is 16.5. The normalized spacial score (nSPS) is 14.2. The molecule has 0 radical (unpaired) electrons. The summed E-state index contributed by atoms with van der Waals surface area (Å²) in [5.41, 5.74) is -0.688. The monoisotopic (exact) mass is 280 g/mol. The Labute approximate surface area is 122 Å². The maximum absolute atomic E-state index is 11.8. The molecule has 3 nitrogen and oxygen atoms in total. The summed E-state index contributed by atoms with van der Waals surface area (Å²) in [4.78, 5) is 11.8. The van der Waals surface area contributed by atoms with Crippen molar-refractivity contribution in [2.75, 3.05) is 7.11 Å². The Morgan fingerprint density at radius 3 is 1.90 bits per heavy atom. The Morgan fingerprint density at radius 2 is 1.48 bits per heavy atom. The van der Waals surface area contributed by atoms with Gasteiger partial charge >= 0.3 is 5.97 Å². The summed E-state index contributed by atoms with van der Waals surface area (Å²) in [5, 5.41) is 13.5. The number of hydrogen-bond donors (Lipinski definition) is 1. The molecule has 0 amide bonds. The average molecular weight is 280 g/mol. The largest absolute Gasteiger partial charge is 0.479 e. The number of rotatable bonds is 3. The van der Waals surface area contributed by atoms with E-state index >= 15 is 0 Å². The first kappa shape index (κ1) is 13.6. The molecule has 3 rings (SSSR count). The highest BCUT2D eigenvalue weighted by Gasteiger charge is 2.38. The molecule has 21 heavy (non-hydrogen) atoms. The highest BCUT2D eigenvalue weighted by molar-refractivity contribution is 6.05. The van der Waals surface area contributed by atoms with E-state index in [9.17, 15) is 9.90 Å². The number of methoxy groups -OCH3 is 1. The smallest absolute Gasteiger partial charge is 0.340 e. The first-order valence-electron chi connectivity index (χ1n) is 6.77. The van der Waals surface area contributed by atoms with Crippen molar-refractivity contribution in [2.45, 2.75) is 12.5 Å². The lowest BCUT2D eigenvalue weighted by molar-refractivity contribution is -0.161. The van der Waals surface area contributed by atoms with Gasteiger partial charge in [0.1, 0.15) is 0 Å². The molecule has 0 fully saturated rings. The van der Waals surface area contributed by atoms with E-state index in [4.69, 9.17) is 4.74 Å². The molecule has 0 aliphatic rings. The number of carboxylic acids is 1. The SMILES string of the molecule is CO[C@](C)(C(=O)O)c1c2ccccc2cc2ccccc12. The van der Waals surface area contributed by atoms with Crippen LogP contribution in [0.4, 0.5) is 0 Å². The van der Waals surface area contributed by atoms with Crippen LogP contribution in [0.15, 0.2) is 54.6 Å². The van der Waals surface area contributed by atoms with Crippen molar-refractivity contribution in [3.05, 3.63) is 60.2 Å². The molecule has 0 aliphatic carbocycles. The molecule has 0 heterocycles. The van der Waals surface area contributed by atoms with Gasteiger partial charge in [-0.05, 0) is 34.5 Å². The fourth-order valence-electron chi connectivity index (χ4n) is 2.82. The van der Waals surface area contributed by atoms with Crippen LogP contribution in [0.5, 0.6) is 0 Å². The summed E-state index contributed by atoms with van der Waals surface area (Å²) in [7, 11) is 1.44. The third kappa shape index (κ3) is 1.98. The van der Waals surface area contributed by atoms with Crippen molar-refractivity contribution in [3.8, 4) is 0 Å². The zero-order chi connectivity index (χ0) is 15.0. The van der Waals surface area contributed by atoms with Crippen LogP contribution in [-0.2, 0) is 15.1 Å². The van der Waals surface area contributed by atoms with E-state index in [1.165, 1.54) is 7.11 Å². The van der Waals surface area contributed by atoms with Gasteiger partial charge in [0.15, 0.2) is 5.60 Å². The lowest BCUT2D eigenvalue weighted by Crippen LogP contribution is -2.34. The molecule has 0 spiro atoms. The Kier molecular flexibility index (Phi) is 3.15. The van der Waals surface area contributed by atoms with Crippen molar-refractivity contribution in [1.82, 2.24) is 0 Å². The van der Waals surface area contributed by atoms with Gasteiger partial charge < -0.3 is 9.84 Å². The predicted octanol–water partition coefficient (Wildman–Crippen LogP) is 3.94. The standard InChI is InChI=1S/C18H16O3/c1-18(21-2,17(19)20)16-14-9-5-3-7-12(14)11-13-8-4-6-10-15(13)16/h3-11H,1-2H3,(H,19,20)/t18-/m0/s1. The van der Waals surface area contributed by atoms with Gasteiger partial charge in [-0.15, -0.1) is 0 Å². The van der Waals surface area contributed by atoms with Crippen molar-refractivity contribution < 1.29 is 14.6 Å². The Balaban J connectivity index is 2.54. The Hall–Kier alpha value is -2.39. The van der Waals surface area contributed by atoms with Crippen molar-refractivity contribution in [3.63, 3.8) is 0 Å². The second-order valence-electron chi connectivity index (χ2n) is 5.24. The van der Waals surface area contributed by atoms with Crippen LogP contribution in [-0.4, -0.2) is 18.2 Å². The predicted molar refractivity (Wildman–Crippen MR) is 83.5 cm³/mol. The van der Waals surface area contributed by atoms with Gasteiger partial charge in [0.25, 0.3) is 0 Å². The van der Waals surface area contributed by atoms with E-state index in [1.54, 1.807) is 6.92 Å². The fourth-order valence-corrected chi connectivity index (χ4v) is 2.82. The molecule has 0 aliphatic heterocycles. The van der Waals surface area contributed by atoms with Crippen LogP contribution in [0.3, 0.4) is 0 Å². The van der Waals surface area contributed by atoms with Crippen LogP contribution < -0.4 is 0 Å². The molecule has 0 saturated carbocycles. The highest BCUT2D eigenvalue weighted by Crippen LogP contribution is 2.37. The lowest BCUT2D eigenvalue weighted by atomic mass is 9.86. The van der Waals surface area contributed by atoms with Crippen molar-refractivity contribution >= 4 is 27.5 Å². The van der Waals surface area contributed by atoms with Gasteiger partial charge in [0.2, 0.25) is 0 Å². The topological polar surface area (TPSA) is 46.5 Å². The third-order valence-electron chi connectivity index (χ3n) is 4.06. The van der Waals surface area contributed by atoms with Gasteiger partial charge in [-0.1, -0.05) is 48.5 Å². The van der Waals surface area contributed by atoms with Crippen LogP contribution in [0.25, 0.3) is 21.5 Å². The van der Waals surface area contributed by atoms with Gasteiger partial charge in [-0.3, -0.25) is 0 Å². The second-order valence-corrected chi connectivity index (χ2v) is 5.24. The first-order valence-corrected chi connectivity index (χ1v) is 6.77. The molecule has 3 heteroatoms. The van der Waals surface area contributed by atoms with E-state index in [0.29, 0.717) is 5.56 Å². The summed E-state index contributed by atoms with van der Waals surface area (Å²) in [6.07, 6.45) is 0. The van der Waals surface area contributed by atoms with Crippen molar-refractivity contribution in [1.29, 1.82) is 0 Å². The van der Waals surface area contributed by atoms with Gasteiger partial charge in [-0.2, -0.15) is 0 Å². The quantitative estimate of drug-likeness (QED) is 0.739. The number of carboxylic acid groups (broad SMARTS) is 1. The minimum absolute atomic E-state index is 0.700. The van der Waals surface area contributed by atoms with E-state index in [-0.39, 0.29) is 0 Å². The molecular formula is C18H16O3. The van der Waals surface area contributed by atoms with E-state index in [2.05, 4.69) is 6.07 Å². The summed E-state index contributed by atoms with van der Waals surface area (Å²) in [5.74, 6) is -0.994. The molecule has 0 bridgehead atoms. The minimum Gasteiger partial charge on any atom is -0.479 e. The third-order valence-corrected chi connectivity index (χ3v) is 4.06. The van der Waals surface area contributed by atoms with E-state index < -0.39 is 11.6 Å². The summed E-state index contributed by atoms with van der Waals surface area (Å²) in [6.45, 7) is 1.60. The first-order chi connectivity index (χ1) is 10.1. The second kappa shape index (κ2) is 4.86. The number of fused-ring (bicyclic) bond motifs is 2. The van der Waals surface area contributed by atoms with Gasteiger partial charge in [0, 0.05) is 12.7 Å². The Bertz CT molecular complexity index is 784. The maximum atomic E-state index is 11.8. The van der Waals surface area contributed by atoms with E-state index in [0.717, 1.165) is 21.5 Å². The summed E-state index contributed by atoms with van der Waals surface area (Å²) < 4.78 is 5.40. The van der Waals surface area contributed by atoms with Crippen LogP contribution >= 0.6 is 0 Å². The van der Waals surface area contributed by atoms with Crippen LogP contribution in [0.2, 0.25) is 0 Å². The van der Waals surface area contributed by atoms with Crippen LogP contribution in [0, 0.1) is 0 Å². The molecular weight excluding hydrogens is 264 g/mol. The minimum atomic E-state index is -1.39. The number of carbonyl (C=O) groups is 1. The molecule has 0 aromatic heterocycles. The summed E-state index contributed by atoms with van der Waals surface area (Å²) in [6, 6.07) is 17.7. The molecule has 3 aromatic rings. The van der Waals surface area contributed by atoms with Gasteiger partial charge in [-0.25, -0.2) is 4.79 Å². The molecule has 106 valence electrons. The molecule has 1 atom stereocenters. The van der Waals surface area contributed by atoms with Crippen molar-refractivity contribution in [2.24, 2.45) is 0 Å². The molecule has 1 N–H and O–H groups in total. The number of benzene rings is 3. The Morgan fingerprint density at radius 1 is 1.00 bits per heavy atom. The maximum Gasteiger partial charge on any atom is 0.340 e.